The number of hydrogen-bond donors (Lipinski definition) is 2. The molecule has 1 aromatic heterocycles. The highest BCUT2D eigenvalue weighted by Gasteiger charge is 2.19. The van der Waals surface area contributed by atoms with Crippen LogP contribution in [0.25, 0.3) is 0 Å². The Labute approximate surface area is 113 Å². The van der Waals surface area contributed by atoms with Crippen molar-refractivity contribution in [3.05, 3.63) is 28.2 Å². The Morgan fingerprint density at radius 2 is 2.11 bits per heavy atom. The van der Waals surface area contributed by atoms with E-state index in [1.165, 1.54) is 31.4 Å². The molecule has 0 aromatic carbocycles. The summed E-state index contributed by atoms with van der Waals surface area (Å²) in [6.07, 6.45) is 4.68. The number of rotatable bonds is 7. The predicted molar refractivity (Wildman–Crippen MR) is 75.1 cm³/mol. The third-order valence-electron chi connectivity index (χ3n) is 3.10. The minimum absolute atomic E-state index is 0.0764. The first-order valence-electron chi connectivity index (χ1n) is 6.78. The summed E-state index contributed by atoms with van der Waals surface area (Å²) in [5.74, 6) is -0.250. The number of aromatic nitrogens is 2. The largest absolute Gasteiger partial charge is 0.350 e. The SMILES string of the molecule is CCCCCC(C)(C)CNC(=O)c1ccc(=O)[nH]n1. The zero-order valence-electron chi connectivity index (χ0n) is 12.0. The summed E-state index contributed by atoms with van der Waals surface area (Å²) < 4.78 is 0. The number of H-pyrrole nitrogens is 1. The molecule has 19 heavy (non-hydrogen) atoms. The average Bonchev–Trinajstić information content (AvgIpc) is 2.37. The molecule has 0 bridgehead atoms. The minimum atomic E-state index is -0.309. The molecule has 0 atom stereocenters. The van der Waals surface area contributed by atoms with Crippen molar-refractivity contribution in [1.29, 1.82) is 0 Å². The van der Waals surface area contributed by atoms with Gasteiger partial charge in [0, 0.05) is 12.6 Å². The molecule has 0 saturated carbocycles. The van der Waals surface area contributed by atoms with E-state index in [0.29, 0.717) is 6.54 Å². The summed E-state index contributed by atoms with van der Waals surface area (Å²) in [4.78, 5) is 22.7. The fourth-order valence-electron chi connectivity index (χ4n) is 1.82. The highest BCUT2D eigenvalue weighted by molar-refractivity contribution is 5.91. The van der Waals surface area contributed by atoms with Gasteiger partial charge in [0.15, 0.2) is 0 Å². The summed E-state index contributed by atoms with van der Waals surface area (Å²) in [7, 11) is 0. The lowest BCUT2D eigenvalue weighted by atomic mass is 9.87. The van der Waals surface area contributed by atoms with Gasteiger partial charge in [-0.3, -0.25) is 9.59 Å². The molecule has 5 nitrogen and oxygen atoms in total. The highest BCUT2D eigenvalue weighted by atomic mass is 16.2. The third-order valence-corrected chi connectivity index (χ3v) is 3.10. The molecule has 1 heterocycles. The monoisotopic (exact) mass is 265 g/mol. The van der Waals surface area contributed by atoms with Gasteiger partial charge in [0.25, 0.3) is 11.5 Å². The van der Waals surface area contributed by atoms with Crippen molar-refractivity contribution in [3.8, 4) is 0 Å². The molecule has 0 aliphatic rings. The van der Waals surface area contributed by atoms with Gasteiger partial charge in [-0.25, -0.2) is 5.10 Å². The maximum absolute atomic E-state index is 11.8. The Bertz CT molecular complexity index is 446. The van der Waals surface area contributed by atoms with E-state index in [1.807, 2.05) is 0 Å². The molecule has 1 amide bonds. The van der Waals surface area contributed by atoms with Crippen molar-refractivity contribution in [3.63, 3.8) is 0 Å². The fraction of sp³-hybridized carbons (Fsp3) is 0.643. The van der Waals surface area contributed by atoms with Gasteiger partial charge >= 0.3 is 0 Å². The first-order valence-corrected chi connectivity index (χ1v) is 6.78. The molecule has 1 aromatic rings. The normalized spacial score (nSPS) is 11.3. The van der Waals surface area contributed by atoms with Crippen molar-refractivity contribution < 1.29 is 4.79 Å². The Balaban J connectivity index is 2.44. The second-order valence-electron chi connectivity index (χ2n) is 5.61. The van der Waals surface area contributed by atoms with Gasteiger partial charge in [-0.1, -0.05) is 40.0 Å². The Morgan fingerprint density at radius 3 is 2.68 bits per heavy atom. The zero-order chi connectivity index (χ0) is 14.3. The molecule has 0 spiro atoms. The summed E-state index contributed by atoms with van der Waals surface area (Å²) in [6, 6.07) is 2.73. The maximum Gasteiger partial charge on any atom is 0.271 e. The predicted octanol–water partition coefficient (Wildman–Crippen LogP) is 2.11. The van der Waals surface area contributed by atoms with Gasteiger partial charge in [0.1, 0.15) is 5.69 Å². The van der Waals surface area contributed by atoms with Crippen LogP contribution in [0.2, 0.25) is 0 Å². The van der Waals surface area contributed by atoms with Crippen LogP contribution in [0.4, 0.5) is 0 Å². The summed E-state index contributed by atoms with van der Waals surface area (Å²) >= 11 is 0. The van der Waals surface area contributed by atoms with E-state index in [0.717, 1.165) is 6.42 Å². The molecule has 0 fully saturated rings. The van der Waals surface area contributed by atoms with E-state index in [4.69, 9.17) is 0 Å². The van der Waals surface area contributed by atoms with Crippen LogP contribution in [-0.4, -0.2) is 22.6 Å². The summed E-state index contributed by atoms with van der Waals surface area (Å²) in [5, 5.41) is 8.82. The number of unbranched alkanes of at least 4 members (excludes halogenated alkanes) is 2. The average molecular weight is 265 g/mol. The van der Waals surface area contributed by atoms with Crippen LogP contribution < -0.4 is 10.9 Å². The molecular formula is C14H23N3O2. The van der Waals surface area contributed by atoms with Gasteiger partial charge in [-0.15, -0.1) is 0 Å². The lowest BCUT2D eigenvalue weighted by molar-refractivity contribution is 0.0928. The number of hydrogen-bond acceptors (Lipinski definition) is 3. The molecule has 106 valence electrons. The number of carbonyl (C=O) groups is 1. The first-order chi connectivity index (χ1) is 8.94. The molecule has 5 heteroatoms. The Kier molecular flexibility index (Phi) is 5.73. The van der Waals surface area contributed by atoms with Crippen molar-refractivity contribution in [2.45, 2.75) is 46.5 Å². The van der Waals surface area contributed by atoms with E-state index < -0.39 is 0 Å². The second kappa shape index (κ2) is 7.07. The van der Waals surface area contributed by atoms with Crippen molar-refractivity contribution in [2.24, 2.45) is 5.41 Å². The van der Waals surface area contributed by atoms with Crippen LogP contribution in [0.5, 0.6) is 0 Å². The minimum Gasteiger partial charge on any atom is -0.350 e. The molecule has 0 aliphatic heterocycles. The van der Waals surface area contributed by atoms with Crippen LogP contribution in [0.1, 0.15) is 56.9 Å². The lowest BCUT2D eigenvalue weighted by Crippen LogP contribution is -2.34. The Hall–Kier alpha value is -1.65. The Morgan fingerprint density at radius 1 is 1.37 bits per heavy atom. The van der Waals surface area contributed by atoms with Crippen molar-refractivity contribution in [1.82, 2.24) is 15.5 Å². The van der Waals surface area contributed by atoms with E-state index in [2.05, 4.69) is 36.3 Å². The molecule has 0 saturated heterocycles. The quantitative estimate of drug-likeness (QED) is 0.741. The van der Waals surface area contributed by atoms with E-state index in [1.54, 1.807) is 0 Å². The van der Waals surface area contributed by atoms with Gasteiger partial charge < -0.3 is 5.32 Å². The van der Waals surface area contributed by atoms with Crippen LogP contribution >= 0.6 is 0 Å². The molecule has 0 unspecified atom stereocenters. The van der Waals surface area contributed by atoms with Crippen LogP contribution in [0.3, 0.4) is 0 Å². The molecule has 0 radical (unpaired) electrons. The number of amides is 1. The lowest BCUT2D eigenvalue weighted by Gasteiger charge is -2.24. The fourth-order valence-corrected chi connectivity index (χ4v) is 1.82. The van der Waals surface area contributed by atoms with E-state index in [-0.39, 0.29) is 22.6 Å². The molecule has 2 N–H and O–H groups in total. The number of nitrogens with one attached hydrogen (secondary N) is 2. The smallest absolute Gasteiger partial charge is 0.271 e. The number of aromatic amines is 1. The standard InChI is InChI=1S/C14H23N3O2/c1-4-5-6-9-14(2,3)10-15-13(19)11-7-8-12(18)17-16-11/h7-8H,4-6,9-10H2,1-3H3,(H,15,19)(H,17,18). The van der Waals surface area contributed by atoms with Gasteiger partial charge in [-0.05, 0) is 17.9 Å². The number of nitrogens with zero attached hydrogens (tertiary/aromatic N) is 1. The topological polar surface area (TPSA) is 74.8 Å². The number of carbonyl (C=O) groups excluding carboxylic acids is 1. The van der Waals surface area contributed by atoms with E-state index >= 15 is 0 Å². The van der Waals surface area contributed by atoms with Gasteiger partial charge in [0.05, 0.1) is 0 Å². The van der Waals surface area contributed by atoms with Crippen LogP contribution in [0.15, 0.2) is 16.9 Å². The second-order valence-corrected chi connectivity index (χ2v) is 5.61. The van der Waals surface area contributed by atoms with Crippen molar-refractivity contribution in [2.75, 3.05) is 6.54 Å². The third kappa shape index (κ3) is 5.68. The van der Waals surface area contributed by atoms with Crippen LogP contribution in [-0.2, 0) is 0 Å². The molecule has 1 rings (SSSR count). The summed E-state index contributed by atoms with van der Waals surface area (Å²) in [6.45, 7) is 7.07. The molecular weight excluding hydrogens is 242 g/mol. The zero-order valence-corrected chi connectivity index (χ0v) is 12.0. The molecule has 0 aliphatic carbocycles. The van der Waals surface area contributed by atoms with Gasteiger partial charge in [0.2, 0.25) is 0 Å². The maximum atomic E-state index is 11.8. The van der Waals surface area contributed by atoms with Crippen LogP contribution in [0, 0.1) is 5.41 Å². The highest BCUT2D eigenvalue weighted by Crippen LogP contribution is 2.22. The first kappa shape index (κ1) is 15.4. The summed E-state index contributed by atoms with van der Waals surface area (Å²) in [5.41, 5.74) is 0.00734. The van der Waals surface area contributed by atoms with Crippen molar-refractivity contribution >= 4 is 5.91 Å². The van der Waals surface area contributed by atoms with Gasteiger partial charge in [-0.2, -0.15) is 5.10 Å². The van der Waals surface area contributed by atoms with E-state index in [9.17, 15) is 9.59 Å².